The first-order valence-corrected chi connectivity index (χ1v) is 8.99. The number of benzene rings is 2. The van der Waals surface area contributed by atoms with Crippen LogP contribution < -0.4 is 10.1 Å². The van der Waals surface area contributed by atoms with E-state index >= 15 is 0 Å². The maximum absolute atomic E-state index is 12.4. The maximum atomic E-state index is 12.4. The second kappa shape index (κ2) is 8.68. The Morgan fingerprint density at radius 1 is 1.15 bits per heavy atom. The molecule has 0 fully saturated rings. The number of hydrogen-bond acceptors (Lipinski definition) is 4. The number of aliphatic carboxylic acids is 1. The SMILES string of the molecule is CCOc1ccc(CC(CNC(=O)c2ccc3c(c2)COC3)C(=O)O)cc1. The average molecular weight is 369 g/mol. The largest absolute Gasteiger partial charge is 0.494 e. The van der Waals surface area contributed by atoms with Crippen molar-refractivity contribution in [3.05, 3.63) is 64.7 Å². The number of nitrogens with one attached hydrogen (secondary N) is 1. The molecule has 142 valence electrons. The van der Waals surface area contributed by atoms with Crippen LogP contribution in [0, 0.1) is 5.92 Å². The third kappa shape index (κ3) is 4.86. The highest BCUT2D eigenvalue weighted by atomic mass is 16.5. The molecule has 2 aromatic carbocycles. The lowest BCUT2D eigenvalue weighted by molar-refractivity contribution is -0.141. The molecule has 3 rings (SSSR count). The molecule has 6 heteroatoms. The molecule has 0 aromatic heterocycles. The van der Waals surface area contributed by atoms with Crippen LogP contribution in [-0.2, 0) is 29.2 Å². The van der Waals surface area contributed by atoms with Crippen LogP contribution in [0.1, 0.15) is 34.0 Å². The van der Waals surface area contributed by atoms with Crippen LogP contribution >= 0.6 is 0 Å². The summed E-state index contributed by atoms with van der Waals surface area (Å²) in [5.41, 5.74) is 3.50. The third-order valence-corrected chi connectivity index (χ3v) is 4.56. The van der Waals surface area contributed by atoms with E-state index in [-0.39, 0.29) is 12.5 Å². The fourth-order valence-corrected chi connectivity index (χ4v) is 3.05. The zero-order valence-electron chi connectivity index (χ0n) is 15.2. The van der Waals surface area contributed by atoms with E-state index in [1.54, 1.807) is 12.1 Å². The molecule has 1 amide bonds. The monoisotopic (exact) mass is 369 g/mol. The molecular formula is C21H23NO5. The molecule has 1 unspecified atom stereocenters. The molecule has 0 aliphatic carbocycles. The van der Waals surface area contributed by atoms with Gasteiger partial charge in [-0.3, -0.25) is 9.59 Å². The molecule has 1 aliphatic rings. The van der Waals surface area contributed by atoms with Crippen molar-refractivity contribution < 1.29 is 24.2 Å². The van der Waals surface area contributed by atoms with E-state index in [0.29, 0.717) is 31.8 Å². The maximum Gasteiger partial charge on any atom is 0.308 e. The average Bonchev–Trinajstić information content (AvgIpc) is 3.14. The Hall–Kier alpha value is -2.86. The van der Waals surface area contributed by atoms with Crippen molar-refractivity contribution in [1.29, 1.82) is 0 Å². The van der Waals surface area contributed by atoms with Gasteiger partial charge in [0.05, 0.1) is 25.7 Å². The number of carbonyl (C=O) groups excluding carboxylic acids is 1. The van der Waals surface area contributed by atoms with Crippen molar-refractivity contribution in [2.24, 2.45) is 5.92 Å². The fraction of sp³-hybridized carbons (Fsp3) is 0.333. The van der Waals surface area contributed by atoms with Gasteiger partial charge < -0.3 is 19.9 Å². The van der Waals surface area contributed by atoms with Gasteiger partial charge in [-0.25, -0.2) is 0 Å². The standard InChI is InChI=1S/C21H23NO5/c1-2-27-19-7-3-14(4-8-19)9-17(21(24)25)11-22-20(23)15-5-6-16-12-26-13-18(16)10-15/h3-8,10,17H,2,9,11-13H2,1H3,(H,22,23)(H,24,25). The van der Waals surface area contributed by atoms with Gasteiger partial charge in [0.2, 0.25) is 0 Å². The third-order valence-electron chi connectivity index (χ3n) is 4.56. The van der Waals surface area contributed by atoms with Crippen LogP contribution in [0.2, 0.25) is 0 Å². The smallest absolute Gasteiger partial charge is 0.308 e. The second-order valence-corrected chi connectivity index (χ2v) is 6.50. The first-order valence-electron chi connectivity index (χ1n) is 8.99. The van der Waals surface area contributed by atoms with E-state index in [2.05, 4.69) is 5.32 Å². The molecule has 6 nitrogen and oxygen atoms in total. The number of carbonyl (C=O) groups is 2. The summed E-state index contributed by atoms with van der Waals surface area (Å²) in [7, 11) is 0. The minimum Gasteiger partial charge on any atom is -0.494 e. The molecule has 2 N–H and O–H groups in total. The number of amides is 1. The first-order chi connectivity index (χ1) is 13.1. The lowest BCUT2D eigenvalue weighted by atomic mass is 9.99. The normalized spacial score (nSPS) is 13.7. The Balaban J connectivity index is 1.59. The van der Waals surface area contributed by atoms with Crippen molar-refractivity contribution in [1.82, 2.24) is 5.32 Å². The number of fused-ring (bicyclic) bond motifs is 1. The van der Waals surface area contributed by atoms with E-state index in [0.717, 1.165) is 22.4 Å². The minimum absolute atomic E-state index is 0.0644. The fourth-order valence-electron chi connectivity index (χ4n) is 3.05. The number of carboxylic acid groups (broad SMARTS) is 1. The van der Waals surface area contributed by atoms with Gasteiger partial charge in [0.15, 0.2) is 0 Å². The molecular weight excluding hydrogens is 346 g/mol. The minimum atomic E-state index is -0.938. The molecule has 0 saturated carbocycles. The molecule has 1 heterocycles. The first kappa shape index (κ1) is 18.9. The summed E-state index contributed by atoms with van der Waals surface area (Å²) in [4.78, 5) is 24.0. The summed E-state index contributed by atoms with van der Waals surface area (Å²) in [6.07, 6.45) is 0.333. The predicted octanol–water partition coefficient (Wildman–Crippen LogP) is 2.79. The Kier molecular flexibility index (Phi) is 6.08. The van der Waals surface area contributed by atoms with E-state index in [1.165, 1.54) is 0 Å². The number of hydrogen-bond donors (Lipinski definition) is 2. The summed E-state index contributed by atoms with van der Waals surface area (Å²) in [6, 6.07) is 12.8. The van der Waals surface area contributed by atoms with Crippen molar-refractivity contribution in [2.75, 3.05) is 13.2 Å². The van der Waals surface area contributed by atoms with Crippen molar-refractivity contribution >= 4 is 11.9 Å². The van der Waals surface area contributed by atoms with E-state index in [1.807, 2.05) is 37.3 Å². The Morgan fingerprint density at radius 2 is 1.89 bits per heavy atom. The Morgan fingerprint density at radius 3 is 2.59 bits per heavy atom. The lowest BCUT2D eigenvalue weighted by Gasteiger charge is -2.14. The second-order valence-electron chi connectivity index (χ2n) is 6.50. The molecule has 0 saturated heterocycles. The van der Waals surface area contributed by atoms with Gasteiger partial charge in [-0.15, -0.1) is 0 Å². The summed E-state index contributed by atoms with van der Waals surface area (Å²) in [5.74, 6) is -1.17. The van der Waals surface area contributed by atoms with Gasteiger partial charge in [-0.2, -0.15) is 0 Å². The van der Waals surface area contributed by atoms with Crippen LogP contribution in [0.25, 0.3) is 0 Å². The van der Waals surface area contributed by atoms with Crippen molar-refractivity contribution in [3.8, 4) is 5.75 Å². The molecule has 27 heavy (non-hydrogen) atoms. The van der Waals surface area contributed by atoms with Gasteiger partial charge >= 0.3 is 5.97 Å². The van der Waals surface area contributed by atoms with Gasteiger partial charge in [0.25, 0.3) is 5.91 Å². The molecule has 2 aromatic rings. The summed E-state index contributed by atoms with van der Waals surface area (Å²) in [5, 5.41) is 12.2. The van der Waals surface area contributed by atoms with Gasteiger partial charge in [-0.1, -0.05) is 18.2 Å². The van der Waals surface area contributed by atoms with E-state index in [4.69, 9.17) is 9.47 Å². The number of ether oxygens (including phenoxy) is 2. The van der Waals surface area contributed by atoms with Crippen molar-refractivity contribution in [3.63, 3.8) is 0 Å². The zero-order valence-corrected chi connectivity index (χ0v) is 15.2. The quantitative estimate of drug-likeness (QED) is 0.747. The van der Waals surface area contributed by atoms with Crippen molar-refractivity contribution in [2.45, 2.75) is 26.6 Å². The van der Waals surface area contributed by atoms with Gasteiger partial charge in [-0.05, 0) is 54.3 Å². The molecule has 0 bridgehead atoms. The van der Waals surface area contributed by atoms with Crippen LogP contribution in [0.5, 0.6) is 5.75 Å². The molecule has 1 atom stereocenters. The summed E-state index contributed by atoms with van der Waals surface area (Å²) >= 11 is 0. The highest BCUT2D eigenvalue weighted by Gasteiger charge is 2.20. The van der Waals surface area contributed by atoms with E-state index < -0.39 is 11.9 Å². The van der Waals surface area contributed by atoms with Gasteiger partial charge in [0, 0.05) is 12.1 Å². The number of rotatable bonds is 8. The predicted molar refractivity (Wildman–Crippen MR) is 99.7 cm³/mol. The molecule has 0 spiro atoms. The van der Waals surface area contributed by atoms with Gasteiger partial charge in [0.1, 0.15) is 5.75 Å². The van der Waals surface area contributed by atoms with Crippen LogP contribution in [0.15, 0.2) is 42.5 Å². The molecule has 0 radical (unpaired) electrons. The van der Waals surface area contributed by atoms with E-state index in [9.17, 15) is 14.7 Å². The zero-order chi connectivity index (χ0) is 19.2. The van der Waals surface area contributed by atoms with Crippen LogP contribution in [-0.4, -0.2) is 30.1 Å². The lowest BCUT2D eigenvalue weighted by Crippen LogP contribution is -2.34. The highest BCUT2D eigenvalue weighted by Crippen LogP contribution is 2.21. The van der Waals surface area contributed by atoms with Crippen LogP contribution in [0.3, 0.4) is 0 Å². The Labute approximate surface area is 158 Å². The summed E-state index contributed by atoms with van der Waals surface area (Å²) in [6.45, 7) is 3.63. The Bertz CT molecular complexity index is 816. The summed E-state index contributed by atoms with van der Waals surface area (Å²) < 4.78 is 10.7. The molecule has 1 aliphatic heterocycles. The highest BCUT2D eigenvalue weighted by molar-refractivity contribution is 5.94. The topological polar surface area (TPSA) is 84.9 Å². The van der Waals surface area contributed by atoms with Crippen LogP contribution in [0.4, 0.5) is 0 Å². The number of carboxylic acids is 1.